The molecule has 0 aliphatic heterocycles. The summed E-state index contributed by atoms with van der Waals surface area (Å²) in [5.74, 6) is 0.623. The van der Waals surface area contributed by atoms with Gasteiger partial charge in [-0.1, -0.05) is 12.8 Å². The lowest BCUT2D eigenvalue weighted by molar-refractivity contribution is 0.227. The highest BCUT2D eigenvalue weighted by molar-refractivity contribution is 7.99. The van der Waals surface area contributed by atoms with Crippen LogP contribution >= 0.6 is 11.8 Å². The molecule has 1 saturated carbocycles. The van der Waals surface area contributed by atoms with Crippen LogP contribution in [0.15, 0.2) is 0 Å². The second-order valence-corrected chi connectivity index (χ2v) is 5.88. The first-order valence-electron chi connectivity index (χ1n) is 6.32. The summed E-state index contributed by atoms with van der Waals surface area (Å²) in [6.45, 7) is 3.20. The molecule has 0 aromatic carbocycles. The van der Waals surface area contributed by atoms with E-state index in [0.717, 1.165) is 6.54 Å². The van der Waals surface area contributed by atoms with Crippen LogP contribution in [0.5, 0.6) is 0 Å². The fourth-order valence-electron chi connectivity index (χ4n) is 2.59. The number of nitrogens with one attached hydrogen (secondary N) is 1. The van der Waals surface area contributed by atoms with Crippen LogP contribution < -0.4 is 11.1 Å². The van der Waals surface area contributed by atoms with Crippen LogP contribution in [0.1, 0.15) is 32.6 Å². The smallest absolute Gasteiger partial charge is 0.0564 e. The number of rotatable bonds is 6. The summed E-state index contributed by atoms with van der Waals surface area (Å²) in [4.78, 5) is 0. The first-order chi connectivity index (χ1) is 7.72. The second kappa shape index (κ2) is 7.54. The van der Waals surface area contributed by atoms with Crippen LogP contribution in [-0.4, -0.2) is 41.8 Å². The molecule has 0 aromatic heterocycles. The summed E-state index contributed by atoms with van der Waals surface area (Å²) >= 11 is 1.73. The fraction of sp³-hybridized carbons (Fsp3) is 1.00. The number of aliphatic hydroxyl groups excluding tert-OH is 1. The lowest BCUT2D eigenvalue weighted by Gasteiger charge is -2.35. The van der Waals surface area contributed by atoms with Gasteiger partial charge in [0.1, 0.15) is 0 Å². The van der Waals surface area contributed by atoms with Gasteiger partial charge >= 0.3 is 0 Å². The number of nitrogens with two attached hydrogens (primary N) is 1. The lowest BCUT2D eigenvalue weighted by atomic mass is 9.84. The van der Waals surface area contributed by atoms with E-state index in [-0.39, 0.29) is 6.61 Å². The predicted octanol–water partition coefficient (Wildman–Crippen LogP) is 1.21. The van der Waals surface area contributed by atoms with E-state index < -0.39 is 0 Å². The first kappa shape index (κ1) is 14.3. The molecule has 16 heavy (non-hydrogen) atoms. The van der Waals surface area contributed by atoms with Crippen molar-refractivity contribution in [1.82, 2.24) is 5.32 Å². The molecule has 0 saturated heterocycles. The molecule has 3 nitrogen and oxygen atoms in total. The highest BCUT2D eigenvalue weighted by atomic mass is 32.2. The van der Waals surface area contributed by atoms with Crippen LogP contribution in [-0.2, 0) is 0 Å². The first-order valence-corrected chi connectivity index (χ1v) is 7.61. The average molecular weight is 246 g/mol. The SMILES string of the molecule is CSC(CO)C(C)NC1CCCCC1CN. The molecular formula is C12H26N2OS. The van der Waals surface area contributed by atoms with Crippen LogP contribution in [0.25, 0.3) is 0 Å². The van der Waals surface area contributed by atoms with Crippen molar-refractivity contribution < 1.29 is 5.11 Å². The van der Waals surface area contributed by atoms with Gasteiger partial charge in [-0.05, 0) is 38.5 Å². The molecule has 0 spiro atoms. The van der Waals surface area contributed by atoms with Crippen molar-refractivity contribution in [1.29, 1.82) is 0 Å². The van der Waals surface area contributed by atoms with Gasteiger partial charge in [-0.2, -0.15) is 11.8 Å². The minimum atomic E-state index is 0.245. The Labute approximate surface area is 104 Å². The Hall–Kier alpha value is 0.230. The number of aliphatic hydroxyl groups is 1. The average Bonchev–Trinajstić information content (AvgIpc) is 2.31. The van der Waals surface area contributed by atoms with Crippen LogP contribution in [0.4, 0.5) is 0 Å². The molecular weight excluding hydrogens is 220 g/mol. The molecule has 4 heteroatoms. The topological polar surface area (TPSA) is 58.3 Å². The molecule has 1 aliphatic carbocycles. The number of thioether (sulfide) groups is 1. The molecule has 1 aliphatic rings. The maximum atomic E-state index is 9.26. The maximum absolute atomic E-state index is 9.26. The zero-order valence-electron chi connectivity index (χ0n) is 10.5. The molecule has 0 amide bonds. The minimum absolute atomic E-state index is 0.245. The molecule has 96 valence electrons. The summed E-state index contributed by atoms with van der Waals surface area (Å²) in [6.07, 6.45) is 7.17. The summed E-state index contributed by atoms with van der Waals surface area (Å²) < 4.78 is 0. The van der Waals surface area contributed by atoms with E-state index in [4.69, 9.17) is 5.73 Å². The van der Waals surface area contributed by atoms with Crippen molar-refractivity contribution in [2.45, 2.75) is 49.9 Å². The van der Waals surface area contributed by atoms with Gasteiger partial charge in [-0.15, -0.1) is 0 Å². The normalized spacial score (nSPS) is 30.0. The molecule has 0 aromatic rings. The van der Waals surface area contributed by atoms with Gasteiger partial charge in [-0.25, -0.2) is 0 Å². The minimum Gasteiger partial charge on any atom is -0.395 e. The van der Waals surface area contributed by atoms with E-state index in [2.05, 4.69) is 18.5 Å². The fourth-order valence-corrected chi connectivity index (χ4v) is 3.23. The Bertz CT molecular complexity index is 188. The van der Waals surface area contributed by atoms with E-state index in [1.54, 1.807) is 11.8 Å². The standard InChI is InChI=1S/C12H26N2OS/c1-9(12(8-15)16-2)14-11-6-4-3-5-10(11)7-13/h9-12,14-15H,3-8,13H2,1-2H3. The van der Waals surface area contributed by atoms with Gasteiger partial charge in [0.2, 0.25) is 0 Å². The zero-order chi connectivity index (χ0) is 12.0. The molecule has 4 N–H and O–H groups in total. The van der Waals surface area contributed by atoms with E-state index in [1.165, 1.54) is 25.7 Å². The van der Waals surface area contributed by atoms with Crippen LogP contribution in [0.3, 0.4) is 0 Å². The van der Waals surface area contributed by atoms with Gasteiger partial charge in [0, 0.05) is 17.3 Å². The molecule has 4 atom stereocenters. The summed E-state index contributed by atoms with van der Waals surface area (Å²) in [6, 6.07) is 0.909. The second-order valence-electron chi connectivity index (χ2n) is 4.80. The predicted molar refractivity (Wildman–Crippen MR) is 71.8 cm³/mol. The number of hydrogen-bond donors (Lipinski definition) is 3. The molecule has 1 rings (SSSR count). The largest absolute Gasteiger partial charge is 0.395 e. The van der Waals surface area contributed by atoms with Crippen molar-refractivity contribution in [2.24, 2.45) is 11.7 Å². The summed E-state index contributed by atoms with van der Waals surface area (Å²) in [7, 11) is 0. The van der Waals surface area contributed by atoms with E-state index in [1.807, 2.05) is 0 Å². The van der Waals surface area contributed by atoms with Crippen molar-refractivity contribution in [3.63, 3.8) is 0 Å². The van der Waals surface area contributed by atoms with E-state index in [9.17, 15) is 5.11 Å². The third-order valence-corrected chi connectivity index (χ3v) is 4.89. The molecule has 0 radical (unpaired) electrons. The summed E-state index contributed by atoms with van der Waals surface area (Å²) in [5.41, 5.74) is 5.82. The number of hydrogen-bond acceptors (Lipinski definition) is 4. The Morgan fingerprint density at radius 2 is 2.12 bits per heavy atom. The monoisotopic (exact) mass is 246 g/mol. The Balaban J connectivity index is 2.43. The van der Waals surface area contributed by atoms with Gasteiger partial charge in [0.05, 0.1) is 6.61 Å². The highest BCUT2D eigenvalue weighted by Gasteiger charge is 2.26. The quantitative estimate of drug-likeness (QED) is 0.659. The van der Waals surface area contributed by atoms with Crippen molar-refractivity contribution in [3.05, 3.63) is 0 Å². The van der Waals surface area contributed by atoms with Gasteiger partial charge in [0.15, 0.2) is 0 Å². The van der Waals surface area contributed by atoms with Crippen molar-refractivity contribution in [3.8, 4) is 0 Å². The van der Waals surface area contributed by atoms with Crippen molar-refractivity contribution in [2.75, 3.05) is 19.4 Å². The maximum Gasteiger partial charge on any atom is 0.0564 e. The summed E-state index contributed by atoms with van der Waals surface area (Å²) in [5, 5.41) is 13.2. The van der Waals surface area contributed by atoms with E-state index >= 15 is 0 Å². The van der Waals surface area contributed by atoms with Gasteiger partial charge in [-0.3, -0.25) is 0 Å². The molecule has 1 fully saturated rings. The van der Waals surface area contributed by atoms with Crippen LogP contribution in [0.2, 0.25) is 0 Å². The Morgan fingerprint density at radius 1 is 1.44 bits per heavy atom. The third-order valence-electron chi connectivity index (χ3n) is 3.73. The van der Waals surface area contributed by atoms with Crippen molar-refractivity contribution >= 4 is 11.8 Å². The van der Waals surface area contributed by atoms with E-state index in [0.29, 0.717) is 23.3 Å². The van der Waals surface area contributed by atoms with Crippen LogP contribution in [0, 0.1) is 5.92 Å². The Morgan fingerprint density at radius 3 is 2.69 bits per heavy atom. The Kier molecular flexibility index (Phi) is 6.73. The zero-order valence-corrected chi connectivity index (χ0v) is 11.3. The van der Waals surface area contributed by atoms with Gasteiger partial charge < -0.3 is 16.2 Å². The van der Waals surface area contributed by atoms with Gasteiger partial charge in [0.25, 0.3) is 0 Å². The molecule has 4 unspecified atom stereocenters. The highest BCUT2D eigenvalue weighted by Crippen LogP contribution is 2.24. The third kappa shape index (κ3) is 3.91. The molecule has 0 bridgehead atoms. The molecule has 0 heterocycles. The lowest BCUT2D eigenvalue weighted by Crippen LogP contribution is -2.49.